The van der Waals surface area contributed by atoms with Crippen LogP contribution in [0.3, 0.4) is 0 Å². The Kier molecular flexibility index (Phi) is 3.78. The Hall–Kier alpha value is -0.110. The van der Waals surface area contributed by atoms with Gasteiger partial charge in [-0.05, 0) is 19.8 Å². The third kappa shape index (κ3) is 4.40. The zero-order valence-electron chi connectivity index (χ0n) is 6.51. The first-order valence-corrected chi connectivity index (χ1v) is 3.69. The van der Waals surface area contributed by atoms with E-state index in [-0.39, 0.29) is 0 Å². The summed E-state index contributed by atoms with van der Waals surface area (Å²) >= 11 is 4.99. The third-order valence-electron chi connectivity index (χ3n) is 0.879. The SMILES string of the molecule is CC(C)N=C([S-])C(C)C. The molecule has 0 atom stereocenters. The van der Waals surface area contributed by atoms with E-state index in [4.69, 9.17) is 12.6 Å². The Morgan fingerprint density at radius 3 is 1.78 bits per heavy atom. The molecule has 0 amide bonds. The summed E-state index contributed by atoms with van der Waals surface area (Å²) in [6, 6.07) is 0.347. The molecule has 0 saturated carbocycles. The second-order valence-electron chi connectivity index (χ2n) is 2.72. The van der Waals surface area contributed by atoms with Crippen molar-refractivity contribution >= 4 is 17.7 Å². The van der Waals surface area contributed by atoms with Crippen LogP contribution < -0.4 is 0 Å². The number of nitrogens with zero attached hydrogens (tertiary/aromatic N) is 1. The van der Waals surface area contributed by atoms with Gasteiger partial charge in [-0.2, -0.15) is 0 Å². The van der Waals surface area contributed by atoms with Crippen LogP contribution in [0.1, 0.15) is 27.7 Å². The number of rotatable bonds is 2. The number of hydrogen-bond acceptors (Lipinski definition) is 2. The van der Waals surface area contributed by atoms with E-state index < -0.39 is 0 Å². The summed E-state index contributed by atoms with van der Waals surface area (Å²) in [5.41, 5.74) is 0. The largest absolute Gasteiger partial charge is 0.765 e. The van der Waals surface area contributed by atoms with E-state index in [1.54, 1.807) is 0 Å². The minimum Gasteiger partial charge on any atom is -0.765 e. The number of aliphatic imine (C=N–C) groups is 1. The van der Waals surface area contributed by atoms with Crippen molar-refractivity contribution in [3.8, 4) is 0 Å². The van der Waals surface area contributed by atoms with Crippen molar-refractivity contribution in [2.45, 2.75) is 33.7 Å². The molecule has 0 aliphatic rings. The van der Waals surface area contributed by atoms with Gasteiger partial charge in [-0.15, -0.1) is 5.04 Å². The van der Waals surface area contributed by atoms with Gasteiger partial charge in [-0.3, -0.25) is 0 Å². The highest BCUT2D eigenvalue weighted by molar-refractivity contribution is 7.77. The molecule has 54 valence electrons. The van der Waals surface area contributed by atoms with Gasteiger partial charge in [0.2, 0.25) is 0 Å². The van der Waals surface area contributed by atoms with Crippen LogP contribution in [0.4, 0.5) is 0 Å². The summed E-state index contributed by atoms with van der Waals surface area (Å²) in [4.78, 5) is 4.21. The van der Waals surface area contributed by atoms with E-state index in [9.17, 15) is 0 Å². The van der Waals surface area contributed by atoms with Gasteiger partial charge in [0.15, 0.2) is 0 Å². The predicted octanol–water partition coefficient (Wildman–Crippen LogP) is 2.00. The zero-order chi connectivity index (χ0) is 7.44. The standard InChI is InChI=1S/C7H15NS/c1-5(2)7(9)8-6(3)4/h5-6H,1-4H3,(H,8,9)/p-1. The lowest BCUT2D eigenvalue weighted by Crippen LogP contribution is -2.06. The number of hydrogen-bond donors (Lipinski definition) is 0. The topological polar surface area (TPSA) is 12.4 Å². The van der Waals surface area contributed by atoms with E-state index in [1.807, 2.05) is 13.8 Å². The van der Waals surface area contributed by atoms with Crippen molar-refractivity contribution in [3.05, 3.63) is 0 Å². The summed E-state index contributed by atoms with van der Waals surface area (Å²) in [5, 5.41) is 0.838. The van der Waals surface area contributed by atoms with Crippen LogP contribution in [0.5, 0.6) is 0 Å². The molecular formula is C7H14NS-. The van der Waals surface area contributed by atoms with E-state index in [2.05, 4.69) is 18.8 Å². The van der Waals surface area contributed by atoms with Crippen molar-refractivity contribution in [3.63, 3.8) is 0 Å². The van der Waals surface area contributed by atoms with Crippen molar-refractivity contribution in [1.82, 2.24) is 0 Å². The second kappa shape index (κ2) is 3.83. The van der Waals surface area contributed by atoms with E-state index in [0.29, 0.717) is 12.0 Å². The quantitative estimate of drug-likeness (QED) is 0.328. The van der Waals surface area contributed by atoms with Crippen LogP contribution in [0.2, 0.25) is 0 Å². The lowest BCUT2D eigenvalue weighted by molar-refractivity contribution is 0.808. The van der Waals surface area contributed by atoms with E-state index in [1.165, 1.54) is 0 Å². The summed E-state index contributed by atoms with van der Waals surface area (Å²) in [7, 11) is 0. The Labute approximate surface area is 63.0 Å². The van der Waals surface area contributed by atoms with E-state index in [0.717, 1.165) is 5.04 Å². The molecule has 0 fully saturated rings. The molecule has 2 heteroatoms. The molecule has 0 heterocycles. The molecule has 0 bridgehead atoms. The highest BCUT2D eigenvalue weighted by Gasteiger charge is 1.90. The molecule has 9 heavy (non-hydrogen) atoms. The first-order chi connectivity index (χ1) is 4.04. The van der Waals surface area contributed by atoms with Crippen LogP contribution in [-0.4, -0.2) is 11.1 Å². The molecule has 0 rings (SSSR count). The fourth-order valence-electron chi connectivity index (χ4n) is 0.404. The highest BCUT2D eigenvalue weighted by atomic mass is 32.1. The Balaban J connectivity index is 3.84. The van der Waals surface area contributed by atoms with Crippen LogP contribution in [0.25, 0.3) is 0 Å². The van der Waals surface area contributed by atoms with Crippen molar-refractivity contribution in [2.24, 2.45) is 10.9 Å². The maximum absolute atomic E-state index is 4.99. The normalized spacial score (nSPS) is 13.3. The van der Waals surface area contributed by atoms with Gasteiger partial charge >= 0.3 is 0 Å². The molecule has 0 spiro atoms. The minimum atomic E-state index is 0.347. The first kappa shape index (κ1) is 8.89. The summed E-state index contributed by atoms with van der Waals surface area (Å²) < 4.78 is 0. The molecule has 0 N–H and O–H groups in total. The van der Waals surface area contributed by atoms with Gasteiger partial charge in [-0.25, -0.2) is 0 Å². The minimum absolute atomic E-state index is 0.347. The lowest BCUT2D eigenvalue weighted by Gasteiger charge is -2.16. The third-order valence-corrected chi connectivity index (χ3v) is 1.46. The molecule has 0 aromatic rings. The van der Waals surface area contributed by atoms with Crippen LogP contribution >= 0.6 is 0 Å². The first-order valence-electron chi connectivity index (χ1n) is 3.28. The monoisotopic (exact) mass is 144 g/mol. The zero-order valence-corrected chi connectivity index (χ0v) is 7.33. The fraction of sp³-hybridized carbons (Fsp3) is 0.857. The van der Waals surface area contributed by atoms with Crippen molar-refractivity contribution < 1.29 is 0 Å². The molecule has 0 aromatic heterocycles. The van der Waals surface area contributed by atoms with Crippen LogP contribution in [-0.2, 0) is 12.6 Å². The van der Waals surface area contributed by atoms with Gasteiger partial charge in [0, 0.05) is 6.04 Å². The summed E-state index contributed by atoms with van der Waals surface area (Å²) in [6.45, 7) is 8.20. The molecule has 0 radical (unpaired) electrons. The highest BCUT2D eigenvalue weighted by Crippen LogP contribution is 1.97. The van der Waals surface area contributed by atoms with Gasteiger partial charge in [0.05, 0.1) is 0 Å². The average molecular weight is 144 g/mol. The Bertz CT molecular complexity index is 105. The van der Waals surface area contributed by atoms with Crippen LogP contribution in [0, 0.1) is 5.92 Å². The molecule has 0 saturated heterocycles. The average Bonchev–Trinajstić information content (AvgIpc) is 1.63. The smallest absolute Gasteiger partial charge is 0.0421 e. The maximum Gasteiger partial charge on any atom is 0.0421 e. The molecule has 0 aliphatic carbocycles. The van der Waals surface area contributed by atoms with E-state index >= 15 is 0 Å². The summed E-state index contributed by atoms with van der Waals surface area (Å²) in [6.07, 6.45) is 0. The van der Waals surface area contributed by atoms with Crippen molar-refractivity contribution in [1.29, 1.82) is 0 Å². The molecule has 0 aromatic carbocycles. The van der Waals surface area contributed by atoms with Crippen LogP contribution in [0.15, 0.2) is 4.99 Å². The summed E-state index contributed by atoms with van der Waals surface area (Å²) in [5.74, 6) is 0.419. The van der Waals surface area contributed by atoms with Crippen molar-refractivity contribution in [2.75, 3.05) is 0 Å². The van der Waals surface area contributed by atoms with Gasteiger partial charge < -0.3 is 17.6 Å². The predicted molar refractivity (Wildman–Crippen MR) is 44.8 cm³/mol. The lowest BCUT2D eigenvalue weighted by atomic mass is 10.2. The van der Waals surface area contributed by atoms with Gasteiger partial charge in [0.25, 0.3) is 0 Å². The maximum atomic E-state index is 4.99. The Morgan fingerprint density at radius 1 is 1.22 bits per heavy atom. The molecule has 0 unspecified atom stereocenters. The fourth-order valence-corrected chi connectivity index (χ4v) is 0.614. The van der Waals surface area contributed by atoms with Gasteiger partial charge in [0.1, 0.15) is 0 Å². The second-order valence-corrected chi connectivity index (χ2v) is 3.13. The molecule has 1 nitrogen and oxygen atoms in total. The molecule has 0 aliphatic heterocycles. The Morgan fingerprint density at radius 2 is 1.67 bits per heavy atom. The van der Waals surface area contributed by atoms with Gasteiger partial charge in [-0.1, -0.05) is 13.8 Å². The molecular weight excluding hydrogens is 130 g/mol.